The Labute approximate surface area is 140 Å². The van der Waals surface area contributed by atoms with E-state index in [2.05, 4.69) is 24.8 Å². The minimum atomic E-state index is -0.249. The van der Waals surface area contributed by atoms with Crippen molar-refractivity contribution in [1.82, 2.24) is 19.9 Å². The standard InChI is InChI=1S/C17H21FN6/c1-11-6-19-9-21-16(11)24-7-13(8-24)23(2)17-14(18)15(20-10-22-17)12-4-3-5-12/h6,9-10,12-13H,3-5,7-8H2,1-2H3. The normalized spacial score (nSPS) is 18.2. The molecule has 1 aliphatic heterocycles. The van der Waals surface area contributed by atoms with Gasteiger partial charge in [-0.15, -0.1) is 0 Å². The van der Waals surface area contributed by atoms with E-state index >= 15 is 0 Å². The van der Waals surface area contributed by atoms with Crippen molar-refractivity contribution in [2.75, 3.05) is 29.9 Å². The Hall–Kier alpha value is -2.31. The minimum Gasteiger partial charge on any atom is -0.352 e. The van der Waals surface area contributed by atoms with Gasteiger partial charge in [0.15, 0.2) is 11.6 Å². The highest BCUT2D eigenvalue weighted by atomic mass is 19.1. The zero-order valence-electron chi connectivity index (χ0n) is 14.0. The van der Waals surface area contributed by atoms with Crippen LogP contribution in [0.4, 0.5) is 16.0 Å². The van der Waals surface area contributed by atoms with E-state index in [0.717, 1.165) is 43.7 Å². The molecule has 6 nitrogen and oxygen atoms in total. The van der Waals surface area contributed by atoms with Gasteiger partial charge >= 0.3 is 0 Å². The minimum absolute atomic E-state index is 0.220. The molecular formula is C17H21FN6. The molecule has 0 spiro atoms. The van der Waals surface area contributed by atoms with E-state index in [1.807, 2.05) is 25.1 Å². The summed E-state index contributed by atoms with van der Waals surface area (Å²) in [4.78, 5) is 20.9. The van der Waals surface area contributed by atoms with Crippen LogP contribution in [0.2, 0.25) is 0 Å². The maximum absolute atomic E-state index is 14.8. The van der Waals surface area contributed by atoms with Gasteiger partial charge in [0.1, 0.15) is 18.5 Å². The van der Waals surface area contributed by atoms with Gasteiger partial charge in [0.05, 0.1) is 11.7 Å². The molecule has 2 aromatic heterocycles. The van der Waals surface area contributed by atoms with Gasteiger partial charge in [-0.1, -0.05) is 6.42 Å². The quantitative estimate of drug-likeness (QED) is 0.858. The van der Waals surface area contributed by atoms with Gasteiger partial charge in [0.25, 0.3) is 0 Å². The zero-order valence-corrected chi connectivity index (χ0v) is 14.0. The van der Waals surface area contributed by atoms with Crippen LogP contribution in [0.25, 0.3) is 0 Å². The lowest BCUT2D eigenvalue weighted by molar-refractivity contribution is 0.391. The molecule has 2 fully saturated rings. The van der Waals surface area contributed by atoms with E-state index in [9.17, 15) is 4.39 Å². The van der Waals surface area contributed by atoms with Crippen LogP contribution in [0.5, 0.6) is 0 Å². The Morgan fingerprint density at radius 3 is 2.62 bits per heavy atom. The van der Waals surface area contributed by atoms with Crippen molar-refractivity contribution in [3.8, 4) is 0 Å². The summed E-state index contributed by atoms with van der Waals surface area (Å²) in [5.74, 6) is 1.38. The SMILES string of the molecule is Cc1cncnc1N1CC(N(C)c2ncnc(C3CCC3)c2F)C1. The number of nitrogens with zero attached hydrogens (tertiary/aromatic N) is 6. The first-order valence-corrected chi connectivity index (χ1v) is 8.40. The molecule has 2 aromatic rings. The molecule has 24 heavy (non-hydrogen) atoms. The number of halogens is 1. The molecule has 1 saturated heterocycles. The van der Waals surface area contributed by atoms with Crippen molar-refractivity contribution in [2.45, 2.75) is 38.1 Å². The van der Waals surface area contributed by atoms with E-state index in [4.69, 9.17) is 0 Å². The van der Waals surface area contributed by atoms with Crippen molar-refractivity contribution < 1.29 is 4.39 Å². The van der Waals surface area contributed by atoms with Crippen LogP contribution in [-0.2, 0) is 0 Å². The molecular weight excluding hydrogens is 307 g/mol. The van der Waals surface area contributed by atoms with Crippen LogP contribution >= 0.6 is 0 Å². The average Bonchev–Trinajstić information content (AvgIpc) is 2.48. The summed E-state index contributed by atoms with van der Waals surface area (Å²) in [5, 5.41) is 0. The van der Waals surface area contributed by atoms with Gasteiger partial charge in [-0.05, 0) is 19.8 Å². The van der Waals surface area contributed by atoms with E-state index in [0.29, 0.717) is 11.5 Å². The molecule has 0 amide bonds. The largest absolute Gasteiger partial charge is 0.352 e. The van der Waals surface area contributed by atoms with Crippen LogP contribution < -0.4 is 9.80 Å². The number of rotatable bonds is 4. The maximum atomic E-state index is 14.8. The molecule has 0 radical (unpaired) electrons. The number of aromatic nitrogens is 4. The van der Waals surface area contributed by atoms with E-state index in [1.165, 1.54) is 6.33 Å². The zero-order chi connectivity index (χ0) is 16.7. The number of hydrogen-bond donors (Lipinski definition) is 0. The summed E-state index contributed by atoms with van der Waals surface area (Å²) in [5.41, 5.74) is 1.64. The van der Waals surface area contributed by atoms with E-state index < -0.39 is 0 Å². The maximum Gasteiger partial charge on any atom is 0.187 e. The van der Waals surface area contributed by atoms with Crippen LogP contribution in [0.1, 0.15) is 36.4 Å². The summed E-state index contributed by atoms with van der Waals surface area (Å²) in [6.07, 6.45) is 8.09. The molecule has 0 atom stereocenters. The lowest BCUT2D eigenvalue weighted by Crippen LogP contribution is -2.59. The van der Waals surface area contributed by atoms with Crippen LogP contribution in [-0.4, -0.2) is 46.1 Å². The average molecular weight is 328 g/mol. The number of anilines is 2. The van der Waals surface area contributed by atoms with Crippen LogP contribution in [0.3, 0.4) is 0 Å². The third-order valence-corrected chi connectivity index (χ3v) is 5.20. The first-order chi connectivity index (χ1) is 11.6. The van der Waals surface area contributed by atoms with Gasteiger partial charge in [0, 0.05) is 37.8 Å². The molecule has 0 N–H and O–H groups in total. The Morgan fingerprint density at radius 1 is 1.17 bits per heavy atom. The lowest BCUT2D eigenvalue weighted by atomic mass is 9.82. The molecule has 2 aliphatic rings. The van der Waals surface area contributed by atoms with Crippen molar-refractivity contribution >= 4 is 11.6 Å². The second-order valence-electron chi connectivity index (χ2n) is 6.72. The van der Waals surface area contributed by atoms with Crippen molar-refractivity contribution in [3.05, 3.63) is 35.9 Å². The van der Waals surface area contributed by atoms with Crippen molar-refractivity contribution in [2.24, 2.45) is 0 Å². The number of hydrogen-bond acceptors (Lipinski definition) is 6. The fourth-order valence-corrected chi connectivity index (χ4v) is 3.36. The Balaban J connectivity index is 1.48. The van der Waals surface area contributed by atoms with Crippen molar-refractivity contribution in [1.29, 1.82) is 0 Å². The van der Waals surface area contributed by atoms with Gasteiger partial charge in [-0.2, -0.15) is 0 Å². The Kier molecular flexibility index (Phi) is 3.78. The highest BCUT2D eigenvalue weighted by Gasteiger charge is 2.34. The molecule has 126 valence electrons. The van der Waals surface area contributed by atoms with Crippen LogP contribution in [0, 0.1) is 12.7 Å². The van der Waals surface area contributed by atoms with Gasteiger partial charge in [0.2, 0.25) is 0 Å². The molecule has 0 bridgehead atoms. The molecule has 1 aliphatic carbocycles. The monoisotopic (exact) mass is 328 g/mol. The predicted octanol–water partition coefficient (Wildman–Crippen LogP) is 2.31. The first-order valence-electron chi connectivity index (χ1n) is 8.40. The van der Waals surface area contributed by atoms with E-state index in [1.54, 1.807) is 6.33 Å². The molecule has 7 heteroatoms. The summed E-state index contributed by atoms with van der Waals surface area (Å²) >= 11 is 0. The fraction of sp³-hybridized carbons (Fsp3) is 0.529. The van der Waals surface area contributed by atoms with Crippen molar-refractivity contribution in [3.63, 3.8) is 0 Å². The second kappa shape index (κ2) is 5.96. The van der Waals surface area contributed by atoms with E-state index in [-0.39, 0.29) is 17.8 Å². The number of aryl methyl sites for hydroxylation is 1. The third kappa shape index (κ3) is 2.48. The second-order valence-corrected chi connectivity index (χ2v) is 6.72. The topological polar surface area (TPSA) is 58.0 Å². The predicted molar refractivity (Wildman–Crippen MR) is 89.8 cm³/mol. The molecule has 4 rings (SSSR count). The summed E-state index contributed by atoms with van der Waals surface area (Å²) < 4.78 is 14.8. The third-order valence-electron chi connectivity index (χ3n) is 5.20. The van der Waals surface area contributed by atoms with Gasteiger partial charge in [-0.3, -0.25) is 0 Å². The summed E-state index contributed by atoms with van der Waals surface area (Å²) in [6, 6.07) is 0.220. The highest BCUT2D eigenvalue weighted by molar-refractivity contribution is 5.51. The Morgan fingerprint density at radius 2 is 1.96 bits per heavy atom. The molecule has 3 heterocycles. The summed E-state index contributed by atoms with van der Waals surface area (Å²) in [7, 11) is 1.91. The highest BCUT2D eigenvalue weighted by Crippen LogP contribution is 2.38. The van der Waals surface area contributed by atoms with Crippen LogP contribution in [0.15, 0.2) is 18.9 Å². The Bertz CT molecular complexity index is 742. The number of likely N-dealkylation sites (N-methyl/N-ethyl adjacent to an activating group) is 1. The smallest absolute Gasteiger partial charge is 0.187 e. The lowest BCUT2D eigenvalue weighted by Gasteiger charge is -2.45. The first kappa shape index (κ1) is 15.2. The summed E-state index contributed by atoms with van der Waals surface area (Å²) in [6.45, 7) is 3.61. The molecule has 0 aromatic carbocycles. The van der Waals surface area contributed by atoms with Gasteiger partial charge in [-0.25, -0.2) is 24.3 Å². The molecule has 1 saturated carbocycles. The molecule has 0 unspecified atom stereocenters. The fourth-order valence-electron chi connectivity index (χ4n) is 3.36. The van der Waals surface area contributed by atoms with Gasteiger partial charge < -0.3 is 9.80 Å².